The van der Waals surface area contributed by atoms with Gasteiger partial charge in [-0.2, -0.15) is 0 Å². The smallest absolute Gasteiger partial charge is 0.229 e. The molecule has 1 unspecified atom stereocenters. The Morgan fingerprint density at radius 3 is 2.69 bits per heavy atom. The summed E-state index contributed by atoms with van der Waals surface area (Å²) in [7, 11) is 1.85. The van der Waals surface area contributed by atoms with Crippen molar-refractivity contribution in [2.24, 2.45) is 0 Å². The number of likely N-dealkylation sites (N-methyl/N-ethyl adjacent to an activating group) is 1. The highest BCUT2D eigenvalue weighted by Crippen LogP contribution is 2.26. The minimum absolute atomic E-state index is 0.0630. The standard InChI is InChI=1S/C10H12N2O/c1-12-7-4-9(10(12)13)8-2-5-11-6-3-8/h2-3,5-6,9H,4,7H2,1H3. The lowest BCUT2D eigenvalue weighted by Crippen LogP contribution is -2.21. The summed E-state index contributed by atoms with van der Waals surface area (Å²) in [6, 6.07) is 3.84. The van der Waals surface area contributed by atoms with E-state index in [2.05, 4.69) is 4.98 Å². The Morgan fingerprint density at radius 1 is 1.46 bits per heavy atom. The van der Waals surface area contributed by atoms with Crippen molar-refractivity contribution in [2.45, 2.75) is 12.3 Å². The van der Waals surface area contributed by atoms with E-state index < -0.39 is 0 Å². The van der Waals surface area contributed by atoms with Crippen LogP contribution in [-0.4, -0.2) is 29.4 Å². The molecular formula is C10H12N2O. The number of likely N-dealkylation sites (tertiary alicyclic amines) is 1. The molecule has 0 saturated carbocycles. The Morgan fingerprint density at radius 2 is 2.15 bits per heavy atom. The van der Waals surface area contributed by atoms with Crippen LogP contribution in [0.3, 0.4) is 0 Å². The predicted octanol–water partition coefficient (Wildman–Crippen LogP) is 1.03. The number of hydrogen-bond acceptors (Lipinski definition) is 2. The molecule has 3 nitrogen and oxygen atoms in total. The van der Waals surface area contributed by atoms with Gasteiger partial charge < -0.3 is 4.90 Å². The van der Waals surface area contributed by atoms with Gasteiger partial charge in [0.2, 0.25) is 5.91 Å². The van der Waals surface area contributed by atoms with Crippen LogP contribution in [-0.2, 0) is 4.79 Å². The average molecular weight is 176 g/mol. The molecule has 2 heterocycles. The van der Waals surface area contributed by atoms with Crippen molar-refractivity contribution < 1.29 is 4.79 Å². The van der Waals surface area contributed by atoms with Gasteiger partial charge in [0.15, 0.2) is 0 Å². The molecule has 1 aliphatic heterocycles. The number of pyridine rings is 1. The Balaban J connectivity index is 2.24. The van der Waals surface area contributed by atoms with Crippen LogP contribution in [0.15, 0.2) is 24.5 Å². The second-order valence-corrected chi connectivity index (χ2v) is 3.38. The highest BCUT2D eigenvalue weighted by Gasteiger charge is 2.29. The summed E-state index contributed by atoms with van der Waals surface area (Å²) in [6.07, 6.45) is 4.40. The minimum atomic E-state index is 0.0630. The molecule has 3 heteroatoms. The summed E-state index contributed by atoms with van der Waals surface area (Å²) in [5.74, 6) is 0.291. The zero-order valence-electron chi connectivity index (χ0n) is 7.60. The second-order valence-electron chi connectivity index (χ2n) is 3.38. The number of aromatic nitrogens is 1. The van der Waals surface area contributed by atoms with Crippen molar-refractivity contribution in [3.8, 4) is 0 Å². The molecule has 1 saturated heterocycles. The Hall–Kier alpha value is -1.38. The maximum Gasteiger partial charge on any atom is 0.229 e. The number of carbonyl (C=O) groups is 1. The highest BCUT2D eigenvalue weighted by molar-refractivity contribution is 5.85. The number of amides is 1. The van der Waals surface area contributed by atoms with Crippen molar-refractivity contribution in [1.29, 1.82) is 0 Å². The van der Waals surface area contributed by atoms with Gasteiger partial charge in [-0.3, -0.25) is 9.78 Å². The van der Waals surface area contributed by atoms with Crippen LogP contribution in [0.1, 0.15) is 17.9 Å². The average Bonchev–Trinajstić information content (AvgIpc) is 2.49. The first-order valence-corrected chi connectivity index (χ1v) is 4.44. The molecule has 1 aromatic heterocycles. The van der Waals surface area contributed by atoms with Crippen LogP contribution >= 0.6 is 0 Å². The first-order valence-electron chi connectivity index (χ1n) is 4.44. The van der Waals surface area contributed by atoms with Crippen LogP contribution < -0.4 is 0 Å². The van der Waals surface area contributed by atoms with Crippen molar-refractivity contribution in [2.75, 3.05) is 13.6 Å². The first-order chi connectivity index (χ1) is 6.29. The fourth-order valence-corrected chi connectivity index (χ4v) is 1.73. The van der Waals surface area contributed by atoms with Crippen molar-refractivity contribution in [1.82, 2.24) is 9.88 Å². The summed E-state index contributed by atoms with van der Waals surface area (Å²) in [5, 5.41) is 0. The summed E-state index contributed by atoms with van der Waals surface area (Å²) in [4.78, 5) is 17.3. The molecular weight excluding hydrogens is 164 g/mol. The molecule has 1 aromatic rings. The molecule has 0 spiro atoms. The lowest BCUT2D eigenvalue weighted by molar-refractivity contribution is -0.127. The van der Waals surface area contributed by atoms with Crippen LogP contribution in [0.4, 0.5) is 0 Å². The zero-order chi connectivity index (χ0) is 9.26. The lowest BCUT2D eigenvalue weighted by atomic mass is 9.99. The number of hydrogen-bond donors (Lipinski definition) is 0. The summed E-state index contributed by atoms with van der Waals surface area (Å²) in [6.45, 7) is 0.867. The van der Waals surface area contributed by atoms with Gasteiger partial charge in [0.25, 0.3) is 0 Å². The van der Waals surface area contributed by atoms with E-state index in [-0.39, 0.29) is 11.8 Å². The third kappa shape index (κ3) is 1.41. The highest BCUT2D eigenvalue weighted by atomic mass is 16.2. The number of nitrogens with zero attached hydrogens (tertiary/aromatic N) is 2. The van der Waals surface area contributed by atoms with Gasteiger partial charge in [-0.1, -0.05) is 0 Å². The van der Waals surface area contributed by atoms with E-state index in [1.54, 1.807) is 17.3 Å². The molecule has 1 aliphatic rings. The molecule has 13 heavy (non-hydrogen) atoms. The minimum Gasteiger partial charge on any atom is -0.345 e. The molecule has 2 rings (SSSR count). The van der Waals surface area contributed by atoms with E-state index in [4.69, 9.17) is 0 Å². The molecule has 0 N–H and O–H groups in total. The van der Waals surface area contributed by atoms with E-state index in [1.165, 1.54) is 0 Å². The van der Waals surface area contributed by atoms with Gasteiger partial charge in [0, 0.05) is 26.0 Å². The van der Waals surface area contributed by atoms with E-state index in [0.717, 1.165) is 18.5 Å². The van der Waals surface area contributed by atoms with Crippen LogP contribution in [0.5, 0.6) is 0 Å². The van der Waals surface area contributed by atoms with E-state index >= 15 is 0 Å². The largest absolute Gasteiger partial charge is 0.345 e. The third-order valence-electron chi connectivity index (χ3n) is 2.54. The number of carbonyl (C=O) groups excluding carboxylic acids is 1. The van der Waals surface area contributed by atoms with Gasteiger partial charge in [0.1, 0.15) is 0 Å². The summed E-state index contributed by atoms with van der Waals surface area (Å²) < 4.78 is 0. The Bertz CT molecular complexity index is 310. The maximum absolute atomic E-state index is 11.6. The van der Waals surface area contributed by atoms with Crippen molar-refractivity contribution in [3.63, 3.8) is 0 Å². The van der Waals surface area contributed by atoms with Gasteiger partial charge >= 0.3 is 0 Å². The van der Waals surface area contributed by atoms with Gasteiger partial charge in [-0.05, 0) is 24.1 Å². The van der Waals surface area contributed by atoms with Crippen LogP contribution in [0.25, 0.3) is 0 Å². The third-order valence-corrected chi connectivity index (χ3v) is 2.54. The quantitative estimate of drug-likeness (QED) is 0.640. The molecule has 0 aliphatic carbocycles. The molecule has 0 bridgehead atoms. The topological polar surface area (TPSA) is 33.2 Å². The summed E-state index contributed by atoms with van der Waals surface area (Å²) >= 11 is 0. The Kier molecular flexibility index (Phi) is 2.00. The van der Waals surface area contributed by atoms with Crippen molar-refractivity contribution >= 4 is 5.91 Å². The van der Waals surface area contributed by atoms with Gasteiger partial charge in [0.05, 0.1) is 5.92 Å². The fourth-order valence-electron chi connectivity index (χ4n) is 1.73. The fraction of sp³-hybridized carbons (Fsp3) is 0.400. The molecule has 1 amide bonds. The van der Waals surface area contributed by atoms with E-state index in [9.17, 15) is 4.79 Å². The van der Waals surface area contributed by atoms with E-state index in [0.29, 0.717) is 0 Å². The van der Waals surface area contributed by atoms with Crippen LogP contribution in [0, 0.1) is 0 Å². The van der Waals surface area contributed by atoms with Gasteiger partial charge in [-0.15, -0.1) is 0 Å². The maximum atomic E-state index is 11.6. The predicted molar refractivity (Wildman–Crippen MR) is 49.2 cm³/mol. The normalized spacial score (nSPS) is 22.4. The van der Waals surface area contributed by atoms with Gasteiger partial charge in [-0.25, -0.2) is 0 Å². The van der Waals surface area contributed by atoms with Crippen LogP contribution in [0.2, 0.25) is 0 Å². The SMILES string of the molecule is CN1CCC(c2ccncc2)C1=O. The van der Waals surface area contributed by atoms with E-state index in [1.807, 2.05) is 19.2 Å². The molecule has 0 radical (unpaired) electrons. The first kappa shape index (κ1) is 8.23. The zero-order valence-corrected chi connectivity index (χ0v) is 7.60. The second kappa shape index (κ2) is 3.17. The monoisotopic (exact) mass is 176 g/mol. The molecule has 0 aromatic carbocycles. The molecule has 1 atom stereocenters. The number of rotatable bonds is 1. The Labute approximate surface area is 77.4 Å². The van der Waals surface area contributed by atoms with Crippen molar-refractivity contribution in [3.05, 3.63) is 30.1 Å². The molecule has 68 valence electrons. The molecule has 1 fully saturated rings. The summed E-state index contributed by atoms with van der Waals surface area (Å²) in [5.41, 5.74) is 1.09. The lowest BCUT2D eigenvalue weighted by Gasteiger charge is -2.09.